The highest BCUT2D eigenvalue weighted by Crippen LogP contribution is 2.20. The fourth-order valence-corrected chi connectivity index (χ4v) is 2.55. The lowest BCUT2D eigenvalue weighted by Crippen LogP contribution is -2.37. The highest BCUT2D eigenvalue weighted by atomic mass is 19.1. The van der Waals surface area contributed by atoms with E-state index in [1.54, 1.807) is 6.92 Å². The Balaban J connectivity index is 1.76. The van der Waals surface area contributed by atoms with E-state index in [0.717, 1.165) is 45.8 Å². The van der Waals surface area contributed by atoms with Crippen LogP contribution in [-0.2, 0) is 4.74 Å². The van der Waals surface area contributed by atoms with Crippen LogP contribution in [0.5, 0.6) is 0 Å². The molecule has 0 saturated carbocycles. The molecular weight excluding hydrogens is 274 g/mol. The molecule has 1 heterocycles. The molecule has 1 aromatic carbocycles. The Hall–Kier alpha value is -1.04. The molecule has 1 aromatic rings. The molecule has 0 aliphatic carbocycles. The predicted molar refractivity (Wildman–Crippen MR) is 79.4 cm³/mol. The van der Waals surface area contributed by atoms with Crippen LogP contribution in [0.2, 0.25) is 0 Å². The number of hydrogen-bond donors (Lipinski definition) is 1. The maximum atomic E-state index is 13.9. The van der Waals surface area contributed by atoms with Gasteiger partial charge in [-0.15, -0.1) is 0 Å². The molecule has 21 heavy (non-hydrogen) atoms. The zero-order chi connectivity index (χ0) is 15.2. The first kappa shape index (κ1) is 16.3. The largest absolute Gasteiger partial charge is 0.379 e. The fraction of sp³-hybridized carbons (Fsp3) is 0.625. The van der Waals surface area contributed by atoms with Crippen molar-refractivity contribution < 1.29 is 13.5 Å². The van der Waals surface area contributed by atoms with Crippen molar-refractivity contribution in [3.05, 3.63) is 34.9 Å². The molecule has 1 aliphatic heterocycles. The summed E-state index contributed by atoms with van der Waals surface area (Å²) < 4.78 is 32.7. The number of hydrogen-bond acceptors (Lipinski definition) is 3. The fourth-order valence-electron chi connectivity index (χ4n) is 2.55. The molecule has 118 valence electrons. The van der Waals surface area contributed by atoms with Gasteiger partial charge in [0.05, 0.1) is 13.2 Å². The molecule has 2 rings (SSSR count). The van der Waals surface area contributed by atoms with Crippen LogP contribution < -0.4 is 5.32 Å². The monoisotopic (exact) mass is 298 g/mol. The van der Waals surface area contributed by atoms with Crippen LogP contribution >= 0.6 is 0 Å². The van der Waals surface area contributed by atoms with Gasteiger partial charge in [0.1, 0.15) is 11.6 Å². The van der Waals surface area contributed by atoms with Crippen LogP contribution in [0, 0.1) is 18.6 Å². The van der Waals surface area contributed by atoms with Gasteiger partial charge in [0.2, 0.25) is 0 Å². The third-order valence-electron chi connectivity index (χ3n) is 3.95. The summed E-state index contributed by atoms with van der Waals surface area (Å²) in [7, 11) is 0. The lowest BCUT2D eigenvalue weighted by atomic mass is 10.0. The van der Waals surface area contributed by atoms with Crippen molar-refractivity contribution in [1.82, 2.24) is 10.2 Å². The van der Waals surface area contributed by atoms with E-state index in [-0.39, 0.29) is 17.7 Å². The molecule has 5 heteroatoms. The van der Waals surface area contributed by atoms with Crippen LogP contribution in [0.25, 0.3) is 0 Å². The highest BCUT2D eigenvalue weighted by Gasteiger charge is 2.14. The van der Waals surface area contributed by atoms with Gasteiger partial charge in [-0.25, -0.2) is 8.78 Å². The summed E-state index contributed by atoms with van der Waals surface area (Å²) in [5, 5.41) is 3.26. The Morgan fingerprint density at radius 2 is 1.95 bits per heavy atom. The van der Waals surface area contributed by atoms with Crippen molar-refractivity contribution in [2.24, 2.45) is 0 Å². The number of benzene rings is 1. The van der Waals surface area contributed by atoms with E-state index in [9.17, 15) is 8.78 Å². The van der Waals surface area contributed by atoms with Crippen LogP contribution in [0.1, 0.15) is 30.5 Å². The minimum Gasteiger partial charge on any atom is -0.379 e. The molecule has 1 saturated heterocycles. The standard InChI is InChI=1S/C16H24F2N2O/c1-12-10-16(18)14(11-15(12)17)13(2)19-4-3-5-20-6-8-21-9-7-20/h10-11,13,19H,3-9H2,1-2H3. The molecule has 3 nitrogen and oxygen atoms in total. The number of rotatable bonds is 6. The second-order valence-electron chi connectivity index (χ2n) is 5.61. The molecule has 0 bridgehead atoms. The van der Waals surface area contributed by atoms with Crippen molar-refractivity contribution in [1.29, 1.82) is 0 Å². The summed E-state index contributed by atoms with van der Waals surface area (Å²) in [5.41, 5.74) is 0.736. The van der Waals surface area contributed by atoms with Gasteiger partial charge in [-0.3, -0.25) is 4.90 Å². The Morgan fingerprint density at radius 3 is 2.67 bits per heavy atom. The first-order chi connectivity index (χ1) is 10.1. The molecule has 0 amide bonds. The van der Waals surface area contributed by atoms with Crippen molar-refractivity contribution >= 4 is 0 Å². The topological polar surface area (TPSA) is 24.5 Å². The summed E-state index contributed by atoms with van der Waals surface area (Å²) in [4.78, 5) is 2.36. The molecule has 0 aromatic heterocycles. The molecule has 1 atom stereocenters. The Bertz CT molecular complexity index is 462. The van der Waals surface area contributed by atoms with Crippen LogP contribution in [0.15, 0.2) is 12.1 Å². The van der Waals surface area contributed by atoms with Crippen molar-refractivity contribution in [2.45, 2.75) is 26.3 Å². The van der Waals surface area contributed by atoms with Gasteiger partial charge in [-0.2, -0.15) is 0 Å². The maximum absolute atomic E-state index is 13.9. The quantitative estimate of drug-likeness (QED) is 0.817. The Labute approximate surface area is 125 Å². The van der Waals surface area contributed by atoms with Crippen LogP contribution in [0.3, 0.4) is 0 Å². The first-order valence-electron chi connectivity index (χ1n) is 7.57. The number of nitrogens with zero attached hydrogens (tertiary/aromatic N) is 1. The van der Waals surface area contributed by atoms with E-state index in [0.29, 0.717) is 11.1 Å². The average Bonchev–Trinajstić information content (AvgIpc) is 2.48. The number of halogens is 2. The van der Waals surface area contributed by atoms with E-state index < -0.39 is 0 Å². The lowest BCUT2D eigenvalue weighted by molar-refractivity contribution is 0.0374. The van der Waals surface area contributed by atoms with Crippen molar-refractivity contribution in [2.75, 3.05) is 39.4 Å². The van der Waals surface area contributed by atoms with Crippen LogP contribution in [-0.4, -0.2) is 44.3 Å². The van der Waals surface area contributed by atoms with Gasteiger partial charge in [0.25, 0.3) is 0 Å². The summed E-state index contributed by atoms with van der Waals surface area (Å²) in [5.74, 6) is -0.699. The second-order valence-corrected chi connectivity index (χ2v) is 5.61. The summed E-state index contributed by atoms with van der Waals surface area (Å²) >= 11 is 0. The van der Waals surface area contributed by atoms with E-state index in [2.05, 4.69) is 10.2 Å². The molecule has 1 fully saturated rings. The van der Waals surface area contributed by atoms with E-state index in [4.69, 9.17) is 4.74 Å². The average molecular weight is 298 g/mol. The van der Waals surface area contributed by atoms with E-state index in [1.807, 2.05) is 6.92 Å². The molecule has 1 aliphatic rings. The molecule has 0 spiro atoms. The minimum absolute atomic E-state index is 0.190. The van der Waals surface area contributed by atoms with Gasteiger partial charge in [-0.05, 0) is 51.1 Å². The molecule has 0 radical (unpaired) electrons. The summed E-state index contributed by atoms with van der Waals surface area (Å²) in [6, 6.07) is 2.37. The third-order valence-corrected chi connectivity index (χ3v) is 3.95. The Morgan fingerprint density at radius 1 is 1.24 bits per heavy atom. The number of nitrogens with one attached hydrogen (secondary N) is 1. The first-order valence-corrected chi connectivity index (χ1v) is 7.57. The van der Waals surface area contributed by atoms with Crippen molar-refractivity contribution in [3.63, 3.8) is 0 Å². The number of morpholine rings is 1. The van der Waals surface area contributed by atoms with Gasteiger partial charge < -0.3 is 10.1 Å². The van der Waals surface area contributed by atoms with Crippen molar-refractivity contribution in [3.8, 4) is 0 Å². The maximum Gasteiger partial charge on any atom is 0.128 e. The smallest absolute Gasteiger partial charge is 0.128 e. The van der Waals surface area contributed by atoms with Gasteiger partial charge in [0.15, 0.2) is 0 Å². The third kappa shape index (κ3) is 4.73. The second kappa shape index (κ2) is 7.82. The van der Waals surface area contributed by atoms with Gasteiger partial charge in [-0.1, -0.05) is 0 Å². The van der Waals surface area contributed by atoms with E-state index >= 15 is 0 Å². The van der Waals surface area contributed by atoms with E-state index in [1.165, 1.54) is 12.1 Å². The molecule has 1 N–H and O–H groups in total. The predicted octanol–water partition coefficient (Wildman–Crippen LogP) is 2.65. The van der Waals surface area contributed by atoms with Gasteiger partial charge >= 0.3 is 0 Å². The summed E-state index contributed by atoms with van der Waals surface area (Å²) in [6.45, 7) is 8.79. The Kier molecular flexibility index (Phi) is 6.08. The number of aryl methyl sites for hydroxylation is 1. The zero-order valence-corrected chi connectivity index (χ0v) is 12.8. The highest BCUT2D eigenvalue weighted by molar-refractivity contribution is 5.27. The molecular formula is C16H24F2N2O. The summed E-state index contributed by atoms with van der Waals surface area (Å²) in [6.07, 6.45) is 0.986. The zero-order valence-electron chi connectivity index (χ0n) is 12.8. The SMILES string of the molecule is Cc1cc(F)c(C(C)NCCCN2CCOCC2)cc1F. The molecule has 1 unspecified atom stereocenters. The normalized spacial score (nSPS) is 17.9. The number of ether oxygens (including phenoxy) is 1. The van der Waals surface area contributed by atoms with Gasteiger partial charge in [0, 0.05) is 24.7 Å². The van der Waals surface area contributed by atoms with Crippen LogP contribution in [0.4, 0.5) is 8.78 Å². The lowest BCUT2D eigenvalue weighted by Gasteiger charge is -2.26. The minimum atomic E-state index is -0.353.